The van der Waals surface area contributed by atoms with Gasteiger partial charge in [-0.3, -0.25) is 0 Å². The molecule has 0 aliphatic heterocycles. The van der Waals surface area contributed by atoms with Crippen LogP contribution in [0.15, 0.2) is 73.1 Å². The summed E-state index contributed by atoms with van der Waals surface area (Å²) in [4.78, 5) is 0. The molecule has 0 bridgehead atoms. The average molecular weight is 423 g/mol. The maximum absolute atomic E-state index is 4.93. The second-order valence-corrected chi connectivity index (χ2v) is 10.3. The molecular weight excluding hydrogens is 408 g/mol. The van der Waals surface area contributed by atoms with Gasteiger partial charge in [0.25, 0.3) is 0 Å². The molecule has 109 valence electrons. The minimum absolute atomic E-state index is 0.170. The first-order valence-electron chi connectivity index (χ1n) is 6.97. The first-order chi connectivity index (χ1) is 10.8. The molecule has 5 heteroatoms. The number of rotatable bonds is 2. The molecule has 22 heavy (non-hydrogen) atoms. The number of hydrogen-bond donors (Lipinski definition) is 0. The van der Waals surface area contributed by atoms with Crippen molar-refractivity contribution in [2.45, 2.75) is 5.54 Å². The molecule has 0 amide bonds. The summed E-state index contributed by atoms with van der Waals surface area (Å²) in [6, 6.07) is 21.9. The third kappa shape index (κ3) is 3.33. The van der Waals surface area contributed by atoms with Crippen LogP contribution in [0.1, 0.15) is 16.7 Å². The zero-order valence-corrected chi connectivity index (χ0v) is 16.9. The van der Waals surface area contributed by atoms with Crippen molar-refractivity contribution in [3.63, 3.8) is 0 Å². The van der Waals surface area contributed by atoms with Crippen molar-refractivity contribution in [1.29, 1.82) is 0 Å². The van der Waals surface area contributed by atoms with Gasteiger partial charge in [-0.05, 0) is 46.8 Å². The van der Waals surface area contributed by atoms with Gasteiger partial charge in [0.1, 0.15) is 0 Å². The van der Waals surface area contributed by atoms with Crippen molar-refractivity contribution >= 4 is 26.7 Å². The van der Waals surface area contributed by atoms with Crippen molar-refractivity contribution in [3.8, 4) is 11.1 Å². The first kappa shape index (κ1) is 16.3. The van der Waals surface area contributed by atoms with Crippen LogP contribution in [0.4, 0.5) is 0 Å². The number of halogens is 2. The second-order valence-electron chi connectivity index (χ2n) is 5.00. The van der Waals surface area contributed by atoms with E-state index in [4.69, 9.17) is 17.0 Å². The predicted molar refractivity (Wildman–Crippen MR) is 92.4 cm³/mol. The van der Waals surface area contributed by atoms with Gasteiger partial charge in [0.05, 0.1) is 0 Å². The molecule has 0 N–H and O–H groups in total. The maximum Gasteiger partial charge on any atom is 0.167 e. The van der Waals surface area contributed by atoms with Crippen LogP contribution < -0.4 is 0 Å². The van der Waals surface area contributed by atoms with Gasteiger partial charge in [0.2, 0.25) is 0 Å². The molecule has 1 aliphatic rings. The molecular formula is C17H14Cl2NSiZr. The smallest absolute Gasteiger partial charge is 0.167 e. The Bertz CT molecular complexity index is 700. The molecule has 0 fully saturated rings. The van der Waals surface area contributed by atoms with Gasteiger partial charge in [-0.1, -0.05) is 48.5 Å². The van der Waals surface area contributed by atoms with Crippen molar-refractivity contribution in [2.75, 3.05) is 0 Å². The van der Waals surface area contributed by atoms with Crippen molar-refractivity contribution < 1.29 is 20.8 Å². The van der Waals surface area contributed by atoms with E-state index in [0.717, 1.165) is 0 Å². The van der Waals surface area contributed by atoms with Crippen LogP contribution in [0.5, 0.6) is 0 Å². The zero-order chi connectivity index (χ0) is 15.4. The van der Waals surface area contributed by atoms with Gasteiger partial charge in [-0.2, -0.15) is 0 Å². The van der Waals surface area contributed by atoms with Crippen LogP contribution >= 0.6 is 17.0 Å². The molecule has 0 atom stereocenters. The van der Waals surface area contributed by atoms with Gasteiger partial charge in [0.15, 0.2) is 9.68 Å². The summed E-state index contributed by atoms with van der Waals surface area (Å²) >= 11 is -0.826. The molecule has 2 aromatic carbocycles. The Labute approximate surface area is 151 Å². The molecule has 0 saturated heterocycles. The Hall–Kier alpha value is -0.600. The fourth-order valence-electron chi connectivity index (χ4n) is 2.97. The van der Waals surface area contributed by atoms with E-state index < -0.39 is 20.8 Å². The monoisotopic (exact) mass is 420 g/mol. The van der Waals surface area contributed by atoms with E-state index in [-0.39, 0.29) is 9.68 Å². The van der Waals surface area contributed by atoms with Gasteiger partial charge < -0.3 is 4.23 Å². The quantitative estimate of drug-likeness (QED) is 0.521. The SMILES string of the molecule is [Cl][Zr][Cl].c1ccc2c(c1)-c1ccccc1C2[SiH]n1cccc1. The maximum atomic E-state index is 4.93. The predicted octanol–water partition coefficient (Wildman–Crippen LogP) is 4.83. The Morgan fingerprint density at radius 1 is 0.773 bits per heavy atom. The Morgan fingerprint density at radius 3 is 1.73 bits per heavy atom. The van der Waals surface area contributed by atoms with E-state index in [1.54, 1.807) is 0 Å². The number of hydrogen-bond acceptors (Lipinski definition) is 0. The van der Waals surface area contributed by atoms with E-state index >= 15 is 0 Å². The summed E-state index contributed by atoms with van der Waals surface area (Å²) < 4.78 is 2.35. The molecule has 1 nitrogen and oxygen atoms in total. The molecule has 3 aromatic rings. The van der Waals surface area contributed by atoms with Crippen molar-refractivity contribution in [1.82, 2.24) is 4.23 Å². The minimum Gasteiger partial charge on any atom is -0.383 e. The van der Waals surface area contributed by atoms with Gasteiger partial charge in [-0.15, -0.1) is 0 Å². The van der Waals surface area contributed by atoms with E-state index in [9.17, 15) is 0 Å². The number of aromatic nitrogens is 1. The average Bonchev–Trinajstić information content (AvgIpc) is 3.16. The van der Waals surface area contributed by atoms with Crippen LogP contribution in [0.25, 0.3) is 11.1 Å². The molecule has 1 radical (unpaired) electrons. The third-order valence-corrected chi connectivity index (χ3v) is 5.54. The molecule has 0 saturated carbocycles. The van der Waals surface area contributed by atoms with Crippen LogP contribution in [0, 0.1) is 0 Å². The Balaban J connectivity index is 0.000000446. The van der Waals surface area contributed by atoms with Crippen LogP contribution in [-0.2, 0) is 20.8 Å². The number of fused-ring (bicyclic) bond motifs is 3. The topological polar surface area (TPSA) is 4.93 Å². The fraction of sp³-hybridized carbons (Fsp3) is 0.0588. The van der Waals surface area contributed by atoms with Crippen LogP contribution in [-0.4, -0.2) is 13.9 Å². The zero-order valence-electron chi connectivity index (χ0n) is 11.8. The second kappa shape index (κ2) is 7.79. The van der Waals surface area contributed by atoms with Gasteiger partial charge >= 0.3 is 37.9 Å². The summed E-state index contributed by atoms with van der Waals surface area (Å²) in [5, 5.41) is 0. The minimum atomic E-state index is -0.826. The molecule has 1 aromatic heterocycles. The Morgan fingerprint density at radius 2 is 1.23 bits per heavy atom. The van der Waals surface area contributed by atoms with Crippen molar-refractivity contribution in [3.05, 3.63) is 84.2 Å². The van der Waals surface area contributed by atoms with Gasteiger partial charge in [-0.25, -0.2) is 0 Å². The summed E-state index contributed by atoms with van der Waals surface area (Å²) in [5.74, 6) is 0. The van der Waals surface area contributed by atoms with Crippen LogP contribution in [0.2, 0.25) is 0 Å². The molecule has 1 aliphatic carbocycles. The normalized spacial score (nSPS) is 12.1. The molecule has 1 heterocycles. The molecule has 0 unspecified atom stereocenters. The summed E-state index contributed by atoms with van der Waals surface area (Å²) in [5.41, 5.74) is 6.38. The largest absolute Gasteiger partial charge is 0.383 e. The van der Waals surface area contributed by atoms with E-state index in [1.165, 1.54) is 22.3 Å². The number of benzene rings is 2. The van der Waals surface area contributed by atoms with E-state index in [2.05, 4.69) is 77.3 Å². The summed E-state index contributed by atoms with van der Waals surface area (Å²) in [7, 11) is 10.0. The Kier molecular flexibility index (Phi) is 5.76. The van der Waals surface area contributed by atoms with E-state index in [0.29, 0.717) is 5.54 Å². The third-order valence-electron chi connectivity index (χ3n) is 3.83. The van der Waals surface area contributed by atoms with Crippen LogP contribution in [0.3, 0.4) is 0 Å². The van der Waals surface area contributed by atoms with Crippen molar-refractivity contribution in [2.24, 2.45) is 0 Å². The molecule has 0 spiro atoms. The molecule has 4 rings (SSSR count). The van der Waals surface area contributed by atoms with Gasteiger partial charge in [0, 0.05) is 5.54 Å². The standard InChI is InChI=1S/C17H14NSi.2ClH.Zr/c1-3-9-15-13(7-1)14-8-2-4-10-16(14)17(15)19-18-11-5-6-12-18;;;/h1-12,17,19H;2*1H;/q;;;+2/p-2. The fourth-order valence-corrected chi connectivity index (χ4v) is 4.62. The first-order valence-corrected chi connectivity index (χ1v) is 14.5. The summed E-state index contributed by atoms with van der Waals surface area (Å²) in [6.45, 7) is 0. The number of nitrogens with zero attached hydrogens (tertiary/aromatic N) is 1. The summed E-state index contributed by atoms with van der Waals surface area (Å²) in [6.07, 6.45) is 4.36. The van der Waals surface area contributed by atoms with E-state index in [1.807, 2.05) is 0 Å².